The number of halogens is 1. The number of ether oxygens (including phenoxy) is 1. The van der Waals surface area contributed by atoms with Crippen LogP contribution in [0.3, 0.4) is 0 Å². The zero-order valence-electron chi connectivity index (χ0n) is 10.7. The molecule has 2 aromatic rings. The van der Waals surface area contributed by atoms with Crippen molar-refractivity contribution >= 4 is 11.6 Å². The minimum atomic E-state index is -0.0624. The third-order valence-corrected chi connectivity index (χ3v) is 3.76. The van der Waals surface area contributed by atoms with E-state index in [9.17, 15) is 0 Å². The maximum Gasteiger partial charge on any atom is 0.142 e. The van der Waals surface area contributed by atoms with Gasteiger partial charge in [-0.15, -0.1) is 0 Å². The van der Waals surface area contributed by atoms with Crippen LogP contribution >= 0.6 is 11.6 Å². The Bertz CT molecular complexity index is 596. The maximum atomic E-state index is 6.23. The largest absolute Gasteiger partial charge is 0.484 e. The van der Waals surface area contributed by atoms with Crippen LogP contribution in [0.4, 0.5) is 0 Å². The van der Waals surface area contributed by atoms with Gasteiger partial charge in [0.25, 0.3) is 0 Å². The lowest BCUT2D eigenvalue weighted by molar-refractivity contribution is 0.153. The molecule has 19 heavy (non-hydrogen) atoms. The van der Waals surface area contributed by atoms with Gasteiger partial charge in [0, 0.05) is 29.6 Å². The summed E-state index contributed by atoms with van der Waals surface area (Å²) in [5, 5.41) is 0.690. The smallest absolute Gasteiger partial charge is 0.142 e. The molecule has 4 nitrogen and oxygen atoms in total. The molecule has 0 saturated heterocycles. The molecule has 1 aliphatic heterocycles. The molecule has 1 unspecified atom stereocenters. The number of benzene rings is 1. The van der Waals surface area contributed by atoms with Crippen molar-refractivity contribution in [1.82, 2.24) is 9.55 Å². The molecule has 0 bridgehead atoms. The molecule has 0 fully saturated rings. The lowest BCUT2D eigenvalue weighted by Crippen LogP contribution is -2.25. The molecule has 2 N–H and O–H groups in total. The van der Waals surface area contributed by atoms with Gasteiger partial charge in [0.05, 0.1) is 18.2 Å². The summed E-state index contributed by atoms with van der Waals surface area (Å²) in [7, 11) is 0. The van der Waals surface area contributed by atoms with Crippen molar-refractivity contribution < 1.29 is 4.74 Å². The highest BCUT2D eigenvalue weighted by Crippen LogP contribution is 2.40. The van der Waals surface area contributed by atoms with Crippen LogP contribution in [-0.2, 0) is 6.54 Å². The molecule has 0 radical (unpaired) electrons. The lowest BCUT2D eigenvalue weighted by Gasteiger charge is -2.30. The second kappa shape index (κ2) is 4.87. The van der Waals surface area contributed by atoms with Crippen molar-refractivity contribution in [3.63, 3.8) is 0 Å². The van der Waals surface area contributed by atoms with Crippen molar-refractivity contribution in [2.45, 2.75) is 32.0 Å². The van der Waals surface area contributed by atoms with Gasteiger partial charge in [-0.1, -0.05) is 11.6 Å². The number of fused-ring (bicyclic) bond motifs is 1. The Morgan fingerprint density at radius 3 is 3.16 bits per heavy atom. The summed E-state index contributed by atoms with van der Waals surface area (Å²) in [6.45, 7) is 2.96. The van der Waals surface area contributed by atoms with Gasteiger partial charge >= 0.3 is 0 Å². The predicted octanol–water partition coefficient (Wildman–Crippen LogP) is 3.08. The summed E-state index contributed by atoms with van der Waals surface area (Å²) in [6, 6.07) is 5.53. The first-order valence-electron chi connectivity index (χ1n) is 6.40. The molecule has 1 aromatic carbocycles. The number of hydrogen-bond acceptors (Lipinski definition) is 3. The summed E-state index contributed by atoms with van der Waals surface area (Å²) in [5.74, 6) is 0.817. The minimum absolute atomic E-state index is 0.0499. The molecule has 5 heteroatoms. The van der Waals surface area contributed by atoms with E-state index in [0.717, 1.165) is 30.0 Å². The fourth-order valence-corrected chi connectivity index (χ4v) is 2.70. The van der Waals surface area contributed by atoms with Gasteiger partial charge in [0.2, 0.25) is 0 Å². The van der Waals surface area contributed by atoms with E-state index in [1.807, 2.05) is 30.7 Å². The van der Waals surface area contributed by atoms with Crippen LogP contribution in [-0.4, -0.2) is 9.55 Å². The number of nitrogens with two attached hydrogens (primary N) is 1. The molecule has 100 valence electrons. The van der Waals surface area contributed by atoms with Gasteiger partial charge in [-0.3, -0.25) is 0 Å². The lowest BCUT2D eigenvalue weighted by atomic mass is 9.96. The van der Waals surface area contributed by atoms with E-state index in [1.54, 1.807) is 0 Å². The van der Waals surface area contributed by atoms with Gasteiger partial charge in [0.1, 0.15) is 11.9 Å². The van der Waals surface area contributed by atoms with E-state index in [4.69, 9.17) is 22.1 Å². The Morgan fingerprint density at radius 1 is 1.53 bits per heavy atom. The Labute approximate surface area is 117 Å². The molecule has 0 spiro atoms. The van der Waals surface area contributed by atoms with Gasteiger partial charge in [-0.05, 0) is 25.1 Å². The van der Waals surface area contributed by atoms with Crippen molar-refractivity contribution in [2.75, 3.05) is 0 Å². The molecular formula is C14H16ClN3O. The van der Waals surface area contributed by atoms with Crippen LogP contribution in [0, 0.1) is 0 Å². The van der Waals surface area contributed by atoms with Gasteiger partial charge in [-0.25, -0.2) is 4.98 Å². The number of rotatable bonds is 2. The maximum absolute atomic E-state index is 6.23. The Morgan fingerprint density at radius 2 is 2.37 bits per heavy atom. The van der Waals surface area contributed by atoms with E-state index in [0.29, 0.717) is 5.02 Å². The Balaban J connectivity index is 1.95. The summed E-state index contributed by atoms with van der Waals surface area (Å²) in [5.41, 5.74) is 8.28. The monoisotopic (exact) mass is 277 g/mol. The second-order valence-electron chi connectivity index (χ2n) is 4.74. The van der Waals surface area contributed by atoms with Crippen molar-refractivity contribution in [3.05, 3.63) is 47.0 Å². The van der Waals surface area contributed by atoms with Crippen LogP contribution < -0.4 is 10.5 Å². The molecule has 0 aliphatic carbocycles. The van der Waals surface area contributed by atoms with E-state index < -0.39 is 0 Å². The average molecular weight is 278 g/mol. The molecule has 0 amide bonds. The summed E-state index contributed by atoms with van der Waals surface area (Å²) >= 11 is 6.00. The molecular weight excluding hydrogens is 262 g/mol. The SMILES string of the molecule is CCn1cncc1C1C[C@@H](N)c2cc(Cl)ccc2O1. The van der Waals surface area contributed by atoms with E-state index in [-0.39, 0.29) is 12.1 Å². The van der Waals surface area contributed by atoms with E-state index >= 15 is 0 Å². The Kier molecular flexibility index (Phi) is 3.21. The van der Waals surface area contributed by atoms with Crippen LogP contribution in [0.1, 0.15) is 36.7 Å². The van der Waals surface area contributed by atoms with Crippen LogP contribution in [0.25, 0.3) is 0 Å². The summed E-state index contributed by atoms with van der Waals surface area (Å²) in [4.78, 5) is 4.18. The third kappa shape index (κ3) is 2.22. The number of nitrogens with zero attached hydrogens (tertiary/aromatic N) is 2. The van der Waals surface area contributed by atoms with E-state index in [1.165, 1.54) is 0 Å². The standard InChI is InChI=1S/C14H16ClN3O/c1-2-18-8-17-7-12(18)14-6-11(16)10-5-9(15)3-4-13(10)19-14/h3-5,7-8,11,14H,2,6,16H2,1H3/t11-,14?/m1/s1. The second-order valence-corrected chi connectivity index (χ2v) is 5.17. The molecule has 3 rings (SSSR count). The fraction of sp³-hybridized carbons (Fsp3) is 0.357. The number of hydrogen-bond donors (Lipinski definition) is 1. The zero-order valence-corrected chi connectivity index (χ0v) is 11.5. The van der Waals surface area contributed by atoms with Crippen LogP contribution in [0.2, 0.25) is 5.02 Å². The zero-order chi connectivity index (χ0) is 13.4. The number of aromatic nitrogens is 2. The molecule has 1 aliphatic rings. The fourth-order valence-electron chi connectivity index (χ4n) is 2.52. The summed E-state index contributed by atoms with van der Waals surface area (Å²) in [6.07, 6.45) is 4.36. The number of aryl methyl sites for hydroxylation is 1. The van der Waals surface area contributed by atoms with Crippen molar-refractivity contribution in [2.24, 2.45) is 5.73 Å². The van der Waals surface area contributed by atoms with Gasteiger partial charge in [-0.2, -0.15) is 0 Å². The van der Waals surface area contributed by atoms with Crippen molar-refractivity contribution in [3.8, 4) is 5.75 Å². The van der Waals surface area contributed by atoms with Crippen LogP contribution in [0.5, 0.6) is 5.75 Å². The number of imidazole rings is 1. The normalized spacial score (nSPS) is 21.8. The molecule has 2 atom stereocenters. The van der Waals surface area contributed by atoms with E-state index in [2.05, 4.69) is 16.5 Å². The minimum Gasteiger partial charge on any atom is -0.484 e. The quantitative estimate of drug-likeness (QED) is 0.918. The average Bonchev–Trinajstić information content (AvgIpc) is 2.87. The highest BCUT2D eigenvalue weighted by Gasteiger charge is 2.29. The highest BCUT2D eigenvalue weighted by molar-refractivity contribution is 6.30. The van der Waals surface area contributed by atoms with Gasteiger partial charge in [0.15, 0.2) is 0 Å². The highest BCUT2D eigenvalue weighted by atomic mass is 35.5. The molecule has 2 heterocycles. The first-order chi connectivity index (χ1) is 9.19. The molecule has 1 aromatic heterocycles. The van der Waals surface area contributed by atoms with Gasteiger partial charge < -0.3 is 15.0 Å². The molecule has 0 saturated carbocycles. The predicted molar refractivity (Wildman–Crippen MR) is 74.3 cm³/mol. The Hall–Kier alpha value is -1.52. The topological polar surface area (TPSA) is 53.1 Å². The van der Waals surface area contributed by atoms with Crippen LogP contribution in [0.15, 0.2) is 30.7 Å². The summed E-state index contributed by atoms with van der Waals surface area (Å²) < 4.78 is 8.13. The third-order valence-electron chi connectivity index (χ3n) is 3.52. The first kappa shape index (κ1) is 12.5. The first-order valence-corrected chi connectivity index (χ1v) is 6.78. The van der Waals surface area contributed by atoms with Crippen molar-refractivity contribution in [1.29, 1.82) is 0 Å².